The lowest BCUT2D eigenvalue weighted by molar-refractivity contribution is 0.156. The highest BCUT2D eigenvalue weighted by atomic mass is 16.5. The first-order valence-electron chi connectivity index (χ1n) is 6.25. The summed E-state index contributed by atoms with van der Waals surface area (Å²) in [5, 5.41) is 18.8. The Hall–Kier alpha value is -1.06. The molecule has 94 valence electrons. The van der Waals surface area contributed by atoms with E-state index in [4.69, 9.17) is 9.84 Å². The standard InChI is InChI=1S/C14H20O3/c1-10(8-15)9-17-12-5-6-13-11(7-12)3-2-4-14(13)16/h5-7,10,14-16H,2-4,8-9H2,1H3. The van der Waals surface area contributed by atoms with Crippen LogP contribution in [-0.2, 0) is 6.42 Å². The van der Waals surface area contributed by atoms with E-state index in [1.165, 1.54) is 5.56 Å². The lowest BCUT2D eigenvalue weighted by Gasteiger charge is -2.22. The van der Waals surface area contributed by atoms with Crippen LogP contribution < -0.4 is 4.74 Å². The van der Waals surface area contributed by atoms with E-state index in [9.17, 15) is 5.11 Å². The molecule has 0 fully saturated rings. The molecule has 0 spiro atoms. The summed E-state index contributed by atoms with van der Waals surface area (Å²) in [5.41, 5.74) is 2.23. The SMILES string of the molecule is CC(CO)COc1ccc2c(c1)CCCC2O. The first-order valence-corrected chi connectivity index (χ1v) is 6.25. The Labute approximate surface area is 102 Å². The van der Waals surface area contributed by atoms with Gasteiger partial charge in [0.1, 0.15) is 5.75 Å². The van der Waals surface area contributed by atoms with Gasteiger partial charge in [0.25, 0.3) is 0 Å². The first kappa shape index (κ1) is 12.4. The fraction of sp³-hybridized carbons (Fsp3) is 0.571. The molecule has 0 aromatic heterocycles. The van der Waals surface area contributed by atoms with Crippen molar-refractivity contribution in [3.8, 4) is 5.75 Å². The van der Waals surface area contributed by atoms with Gasteiger partial charge in [-0.2, -0.15) is 0 Å². The minimum absolute atomic E-state index is 0.143. The van der Waals surface area contributed by atoms with Gasteiger partial charge >= 0.3 is 0 Å². The number of rotatable bonds is 4. The van der Waals surface area contributed by atoms with Crippen LogP contribution in [0, 0.1) is 5.92 Å². The molecule has 0 saturated heterocycles. The topological polar surface area (TPSA) is 49.7 Å². The highest BCUT2D eigenvalue weighted by molar-refractivity contribution is 5.38. The molecule has 1 aliphatic carbocycles. The lowest BCUT2D eigenvalue weighted by Crippen LogP contribution is -2.13. The van der Waals surface area contributed by atoms with Crippen LogP contribution in [-0.4, -0.2) is 23.4 Å². The number of benzene rings is 1. The molecular weight excluding hydrogens is 216 g/mol. The third kappa shape index (κ3) is 2.99. The predicted octanol–water partition coefficient (Wildman–Crippen LogP) is 2.06. The molecule has 2 unspecified atom stereocenters. The van der Waals surface area contributed by atoms with Crippen LogP contribution in [0.15, 0.2) is 18.2 Å². The molecule has 3 nitrogen and oxygen atoms in total. The first-order chi connectivity index (χ1) is 8.20. The Morgan fingerprint density at radius 1 is 1.47 bits per heavy atom. The molecule has 1 aromatic rings. The van der Waals surface area contributed by atoms with E-state index in [1.54, 1.807) is 0 Å². The number of hydrogen-bond acceptors (Lipinski definition) is 3. The van der Waals surface area contributed by atoms with E-state index in [-0.39, 0.29) is 18.6 Å². The Bertz CT molecular complexity index is 376. The largest absolute Gasteiger partial charge is 0.493 e. The Morgan fingerprint density at radius 2 is 2.29 bits per heavy atom. The Morgan fingerprint density at radius 3 is 3.06 bits per heavy atom. The minimum atomic E-state index is -0.316. The second kappa shape index (κ2) is 5.52. The average molecular weight is 236 g/mol. The number of aryl methyl sites for hydroxylation is 1. The molecular formula is C14H20O3. The van der Waals surface area contributed by atoms with Crippen LogP contribution in [0.25, 0.3) is 0 Å². The molecule has 0 radical (unpaired) electrons. The molecule has 1 aromatic carbocycles. The van der Waals surface area contributed by atoms with Gasteiger partial charge in [0, 0.05) is 12.5 Å². The smallest absolute Gasteiger partial charge is 0.119 e. The number of aliphatic hydroxyl groups is 2. The van der Waals surface area contributed by atoms with Crippen molar-refractivity contribution in [2.45, 2.75) is 32.3 Å². The summed E-state index contributed by atoms with van der Waals surface area (Å²) < 4.78 is 5.62. The highest BCUT2D eigenvalue weighted by Gasteiger charge is 2.18. The summed E-state index contributed by atoms with van der Waals surface area (Å²) in [4.78, 5) is 0. The van der Waals surface area contributed by atoms with Gasteiger partial charge in [-0.3, -0.25) is 0 Å². The lowest BCUT2D eigenvalue weighted by atomic mass is 9.89. The molecule has 2 atom stereocenters. The summed E-state index contributed by atoms with van der Waals surface area (Å²) in [6.45, 7) is 2.61. The van der Waals surface area contributed by atoms with Crippen molar-refractivity contribution in [2.75, 3.05) is 13.2 Å². The monoisotopic (exact) mass is 236 g/mol. The van der Waals surface area contributed by atoms with Gasteiger partial charge in [0.2, 0.25) is 0 Å². The third-order valence-electron chi connectivity index (χ3n) is 3.24. The van der Waals surface area contributed by atoms with Gasteiger partial charge in [-0.1, -0.05) is 13.0 Å². The van der Waals surface area contributed by atoms with Crippen LogP contribution in [0.5, 0.6) is 5.75 Å². The van der Waals surface area contributed by atoms with Crippen molar-refractivity contribution in [1.82, 2.24) is 0 Å². The Kier molecular flexibility index (Phi) is 4.02. The highest BCUT2D eigenvalue weighted by Crippen LogP contribution is 2.31. The fourth-order valence-corrected chi connectivity index (χ4v) is 2.15. The minimum Gasteiger partial charge on any atom is -0.493 e. The van der Waals surface area contributed by atoms with Crippen LogP contribution in [0.2, 0.25) is 0 Å². The number of ether oxygens (including phenoxy) is 1. The van der Waals surface area contributed by atoms with Crippen molar-refractivity contribution in [1.29, 1.82) is 0 Å². The Balaban J connectivity index is 2.05. The van der Waals surface area contributed by atoms with E-state index in [0.29, 0.717) is 6.61 Å². The van der Waals surface area contributed by atoms with Crippen molar-refractivity contribution in [3.05, 3.63) is 29.3 Å². The van der Waals surface area contributed by atoms with Gasteiger partial charge in [-0.05, 0) is 42.5 Å². The van der Waals surface area contributed by atoms with Crippen LogP contribution in [0.4, 0.5) is 0 Å². The van der Waals surface area contributed by atoms with Crippen molar-refractivity contribution in [3.63, 3.8) is 0 Å². The predicted molar refractivity (Wildman–Crippen MR) is 66.1 cm³/mol. The molecule has 0 aliphatic heterocycles. The van der Waals surface area contributed by atoms with E-state index < -0.39 is 0 Å². The number of aliphatic hydroxyl groups excluding tert-OH is 2. The van der Waals surface area contributed by atoms with Crippen LogP contribution in [0.3, 0.4) is 0 Å². The molecule has 0 amide bonds. The number of fused-ring (bicyclic) bond motifs is 1. The summed E-state index contributed by atoms with van der Waals surface area (Å²) in [7, 11) is 0. The second-order valence-electron chi connectivity index (χ2n) is 4.87. The molecule has 17 heavy (non-hydrogen) atoms. The normalized spacial score (nSPS) is 20.8. The van der Waals surface area contributed by atoms with E-state index in [0.717, 1.165) is 30.6 Å². The summed E-state index contributed by atoms with van der Waals surface area (Å²) in [6, 6.07) is 5.87. The molecule has 0 saturated carbocycles. The van der Waals surface area contributed by atoms with Gasteiger partial charge in [-0.15, -0.1) is 0 Å². The number of hydrogen-bond donors (Lipinski definition) is 2. The van der Waals surface area contributed by atoms with E-state index >= 15 is 0 Å². The maximum atomic E-state index is 9.83. The molecule has 1 aliphatic rings. The zero-order valence-corrected chi connectivity index (χ0v) is 10.2. The average Bonchev–Trinajstić information content (AvgIpc) is 2.36. The molecule has 0 bridgehead atoms. The van der Waals surface area contributed by atoms with E-state index in [1.807, 2.05) is 25.1 Å². The maximum Gasteiger partial charge on any atom is 0.119 e. The van der Waals surface area contributed by atoms with Crippen molar-refractivity contribution < 1.29 is 14.9 Å². The molecule has 2 N–H and O–H groups in total. The van der Waals surface area contributed by atoms with Crippen LogP contribution in [0.1, 0.15) is 37.0 Å². The van der Waals surface area contributed by atoms with Crippen molar-refractivity contribution in [2.24, 2.45) is 5.92 Å². The summed E-state index contributed by atoms with van der Waals surface area (Å²) in [6.07, 6.45) is 2.59. The van der Waals surface area contributed by atoms with Crippen molar-refractivity contribution >= 4 is 0 Å². The molecule has 3 heteroatoms. The quantitative estimate of drug-likeness (QED) is 0.841. The molecule has 0 heterocycles. The zero-order valence-electron chi connectivity index (χ0n) is 10.2. The fourth-order valence-electron chi connectivity index (χ4n) is 2.15. The second-order valence-corrected chi connectivity index (χ2v) is 4.87. The molecule has 2 rings (SSSR count). The van der Waals surface area contributed by atoms with Gasteiger partial charge in [-0.25, -0.2) is 0 Å². The van der Waals surface area contributed by atoms with E-state index in [2.05, 4.69) is 0 Å². The van der Waals surface area contributed by atoms with Gasteiger partial charge < -0.3 is 14.9 Å². The van der Waals surface area contributed by atoms with Crippen LogP contribution >= 0.6 is 0 Å². The van der Waals surface area contributed by atoms with Gasteiger partial charge in [0.15, 0.2) is 0 Å². The summed E-state index contributed by atoms with van der Waals surface area (Å²) in [5.74, 6) is 0.981. The third-order valence-corrected chi connectivity index (χ3v) is 3.24. The summed E-state index contributed by atoms with van der Waals surface area (Å²) >= 11 is 0. The van der Waals surface area contributed by atoms with Gasteiger partial charge in [0.05, 0.1) is 12.7 Å². The zero-order chi connectivity index (χ0) is 12.3. The maximum absolute atomic E-state index is 9.83.